The number of rotatable bonds is 4. The predicted octanol–water partition coefficient (Wildman–Crippen LogP) is 0.774. The first-order valence-corrected chi connectivity index (χ1v) is 6.65. The van der Waals surface area contributed by atoms with Gasteiger partial charge in [-0.15, -0.1) is 0 Å². The summed E-state index contributed by atoms with van der Waals surface area (Å²) in [5, 5.41) is 19.1. The van der Waals surface area contributed by atoms with Gasteiger partial charge in [0.1, 0.15) is 17.4 Å². The Morgan fingerprint density at radius 3 is 2.50 bits per heavy atom. The Bertz CT molecular complexity index is 831. The van der Waals surface area contributed by atoms with Crippen LogP contribution >= 0.6 is 0 Å². The lowest BCUT2D eigenvalue weighted by Gasteiger charge is -2.14. The third kappa shape index (κ3) is 2.97. The molecule has 22 heavy (non-hydrogen) atoms. The minimum absolute atomic E-state index is 0.173. The smallest absolute Gasteiger partial charge is 0.331 e. The average molecular weight is 303 g/mol. The van der Waals surface area contributed by atoms with E-state index in [1.807, 2.05) is 0 Å². The second-order valence-electron chi connectivity index (χ2n) is 4.71. The van der Waals surface area contributed by atoms with Crippen molar-refractivity contribution in [3.05, 3.63) is 68.2 Å². The lowest BCUT2D eigenvalue weighted by molar-refractivity contribution is 0.152. The largest absolute Gasteiger partial charge is 0.387 e. The molecule has 0 aliphatic rings. The quantitative estimate of drug-likeness (QED) is 0.904. The second kappa shape index (κ2) is 6.37. The molecule has 0 fully saturated rings. The van der Waals surface area contributed by atoms with Crippen LogP contribution in [0.3, 0.4) is 0 Å². The number of nitriles is 1. The standard InChI is InChI=1S/C15H14FN3O3/c1-2-18-8-11(7-17)14(21)19(15(18)22)9-13(20)10-3-5-12(16)6-4-10/h3-6,8,13,20H,2,9H2,1H3/t13-/m0/s1. The fourth-order valence-electron chi connectivity index (χ4n) is 2.08. The van der Waals surface area contributed by atoms with Gasteiger partial charge in [0.2, 0.25) is 0 Å². The Morgan fingerprint density at radius 1 is 1.32 bits per heavy atom. The molecule has 6 nitrogen and oxygen atoms in total. The molecular formula is C15H14FN3O3. The number of aromatic nitrogens is 2. The fraction of sp³-hybridized carbons (Fsp3) is 0.267. The van der Waals surface area contributed by atoms with Crippen LogP contribution in [0.25, 0.3) is 0 Å². The molecule has 0 amide bonds. The zero-order valence-corrected chi connectivity index (χ0v) is 11.9. The third-order valence-corrected chi connectivity index (χ3v) is 3.31. The summed E-state index contributed by atoms with van der Waals surface area (Å²) in [5.74, 6) is -0.451. The summed E-state index contributed by atoms with van der Waals surface area (Å²) in [4.78, 5) is 24.2. The highest BCUT2D eigenvalue weighted by Gasteiger charge is 2.15. The topological polar surface area (TPSA) is 88.0 Å². The number of hydrogen-bond donors (Lipinski definition) is 1. The third-order valence-electron chi connectivity index (χ3n) is 3.31. The fourth-order valence-corrected chi connectivity index (χ4v) is 2.08. The molecule has 0 unspecified atom stereocenters. The van der Waals surface area contributed by atoms with Gasteiger partial charge in [-0.25, -0.2) is 9.18 Å². The van der Waals surface area contributed by atoms with Gasteiger partial charge < -0.3 is 5.11 Å². The lowest BCUT2D eigenvalue weighted by atomic mass is 10.1. The molecule has 114 valence electrons. The van der Waals surface area contributed by atoms with Crippen molar-refractivity contribution < 1.29 is 9.50 Å². The Hall–Kier alpha value is -2.72. The molecule has 1 N–H and O–H groups in total. The van der Waals surface area contributed by atoms with Crippen molar-refractivity contribution in [2.45, 2.75) is 26.1 Å². The van der Waals surface area contributed by atoms with Gasteiger partial charge in [0, 0.05) is 12.7 Å². The van der Waals surface area contributed by atoms with E-state index in [0.29, 0.717) is 12.1 Å². The Morgan fingerprint density at radius 2 is 1.95 bits per heavy atom. The van der Waals surface area contributed by atoms with Gasteiger partial charge in [0.25, 0.3) is 5.56 Å². The van der Waals surface area contributed by atoms with Crippen LogP contribution in [0.15, 0.2) is 40.1 Å². The maximum Gasteiger partial charge on any atom is 0.331 e. The number of aryl methyl sites for hydroxylation is 1. The molecule has 1 aromatic heterocycles. The Balaban J connectivity index is 2.45. The van der Waals surface area contributed by atoms with Gasteiger partial charge >= 0.3 is 5.69 Å². The van der Waals surface area contributed by atoms with E-state index in [-0.39, 0.29) is 12.1 Å². The van der Waals surface area contributed by atoms with Crippen molar-refractivity contribution in [3.63, 3.8) is 0 Å². The van der Waals surface area contributed by atoms with E-state index in [1.165, 1.54) is 35.0 Å². The van der Waals surface area contributed by atoms with Gasteiger partial charge in [-0.3, -0.25) is 13.9 Å². The molecule has 0 aliphatic carbocycles. The summed E-state index contributed by atoms with van der Waals surface area (Å²) in [6.45, 7) is 1.69. The van der Waals surface area contributed by atoms with Crippen LogP contribution < -0.4 is 11.2 Å². The van der Waals surface area contributed by atoms with Gasteiger partial charge in [0.05, 0.1) is 12.6 Å². The van der Waals surface area contributed by atoms with E-state index < -0.39 is 23.2 Å². The molecule has 1 aromatic carbocycles. The number of halogens is 1. The van der Waals surface area contributed by atoms with E-state index >= 15 is 0 Å². The summed E-state index contributed by atoms with van der Waals surface area (Å²) in [5.41, 5.74) is -1.16. The summed E-state index contributed by atoms with van der Waals surface area (Å²) in [6.07, 6.45) is 0.0380. The first-order valence-electron chi connectivity index (χ1n) is 6.65. The van der Waals surface area contributed by atoms with Crippen LogP contribution in [-0.4, -0.2) is 14.2 Å². The molecule has 2 rings (SSSR count). The van der Waals surface area contributed by atoms with Gasteiger partial charge in [0.15, 0.2) is 0 Å². The van der Waals surface area contributed by atoms with E-state index in [1.54, 1.807) is 13.0 Å². The highest BCUT2D eigenvalue weighted by Crippen LogP contribution is 2.14. The first kappa shape index (κ1) is 15.7. The van der Waals surface area contributed by atoms with Crippen molar-refractivity contribution in [1.82, 2.24) is 9.13 Å². The van der Waals surface area contributed by atoms with Crippen LogP contribution in [0.5, 0.6) is 0 Å². The SMILES string of the molecule is CCn1cc(C#N)c(=O)n(C[C@H](O)c2ccc(F)cc2)c1=O. The van der Waals surface area contributed by atoms with Gasteiger partial charge in [-0.1, -0.05) is 12.1 Å². The minimum Gasteiger partial charge on any atom is -0.387 e. The molecule has 0 aliphatic heterocycles. The Labute approximate surface area is 125 Å². The molecule has 0 saturated carbocycles. The first-order chi connectivity index (χ1) is 10.5. The van der Waals surface area contributed by atoms with Crippen molar-refractivity contribution in [2.75, 3.05) is 0 Å². The van der Waals surface area contributed by atoms with Crippen molar-refractivity contribution in [1.29, 1.82) is 5.26 Å². The summed E-state index contributed by atoms with van der Waals surface area (Å²) >= 11 is 0. The molecule has 0 spiro atoms. The summed E-state index contributed by atoms with van der Waals surface area (Å²) in [6, 6.07) is 6.83. The maximum atomic E-state index is 12.9. The Kier molecular flexibility index (Phi) is 4.53. The minimum atomic E-state index is -1.16. The van der Waals surface area contributed by atoms with Crippen LogP contribution in [0.2, 0.25) is 0 Å². The normalized spacial score (nSPS) is 11.9. The highest BCUT2D eigenvalue weighted by molar-refractivity contribution is 5.23. The number of hydrogen-bond acceptors (Lipinski definition) is 4. The molecule has 2 aromatic rings. The predicted molar refractivity (Wildman–Crippen MR) is 76.7 cm³/mol. The van der Waals surface area contributed by atoms with Gasteiger partial charge in [-0.05, 0) is 24.6 Å². The molecule has 1 atom stereocenters. The van der Waals surface area contributed by atoms with Crippen LogP contribution in [0, 0.1) is 17.1 Å². The number of benzene rings is 1. The molecule has 7 heteroatoms. The van der Waals surface area contributed by atoms with Crippen LogP contribution in [0.1, 0.15) is 24.2 Å². The van der Waals surface area contributed by atoms with Crippen molar-refractivity contribution in [2.24, 2.45) is 0 Å². The lowest BCUT2D eigenvalue weighted by Crippen LogP contribution is -2.41. The zero-order valence-electron chi connectivity index (χ0n) is 11.9. The van der Waals surface area contributed by atoms with Gasteiger partial charge in [-0.2, -0.15) is 5.26 Å². The van der Waals surface area contributed by atoms with Crippen molar-refractivity contribution >= 4 is 0 Å². The number of aliphatic hydroxyl groups excluding tert-OH is 1. The van der Waals surface area contributed by atoms with E-state index in [9.17, 15) is 19.1 Å². The van der Waals surface area contributed by atoms with E-state index in [4.69, 9.17) is 5.26 Å². The maximum absolute atomic E-state index is 12.9. The highest BCUT2D eigenvalue weighted by atomic mass is 19.1. The van der Waals surface area contributed by atoms with Crippen LogP contribution in [0.4, 0.5) is 4.39 Å². The zero-order chi connectivity index (χ0) is 16.3. The molecule has 0 bridgehead atoms. The molecule has 1 heterocycles. The summed E-state index contributed by atoms with van der Waals surface area (Å²) in [7, 11) is 0. The number of nitrogens with zero attached hydrogens (tertiary/aromatic N) is 3. The van der Waals surface area contributed by atoms with Crippen molar-refractivity contribution in [3.8, 4) is 6.07 Å². The molecular weight excluding hydrogens is 289 g/mol. The van der Waals surface area contributed by atoms with E-state index in [0.717, 1.165) is 4.57 Å². The monoisotopic (exact) mass is 303 g/mol. The average Bonchev–Trinajstić information content (AvgIpc) is 2.52. The van der Waals surface area contributed by atoms with E-state index in [2.05, 4.69) is 0 Å². The van der Waals surface area contributed by atoms with Crippen LogP contribution in [-0.2, 0) is 13.1 Å². The number of aliphatic hydroxyl groups is 1. The summed E-state index contributed by atoms with van der Waals surface area (Å²) < 4.78 is 14.9. The molecule has 0 saturated heterocycles. The molecule has 0 radical (unpaired) electrons. The second-order valence-corrected chi connectivity index (χ2v) is 4.71.